The number of anilines is 1. The average molecular weight is 238 g/mol. The van der Waals surface area contributed by atoms with Gasteiger partial charge in [-0.3, -0.25) is 4.79 Å². The Morgan fingerprint density at radius 1 is 1.47 bits per heavy atom. The summed E-state index contributed by atoms with van der Waals surface area (Å²) in [6.45, 7) is 5.84. The van der Waals surface area contributed by atoms with Crippen LogP contribution in [0.1, 0.15) is 19.5 Å². The van der Waals surface area contributed by atoms with E-state index in [1.807, 2.05) is 20.8 Å². The normalized spacial score (nSPS) is 10.2. The molecule has 0 radical (unpaired) electrons. The van der Waals surface area contributed by atoms with Gasteiger partial charge in [-0.05, 0) is 20.8 Å². The van der Waals surface area contributed by atoms with Crippen LogP contribution >= 0.6 is 0 Å². The largest absolute Gasteiger partial charge is 0.475 e. The molecule has 0 aromatic carbocycles. The molecule has 0 spiro atoms. The standard InChI is InChI=1S/C11H18N4O2/c1-7(2)17-10-5-8(3)14-11(15-10)13-6-9(16)12-4/h5,7H,6H2,1-4H3,(H,12,16)(H,13,14,15). The lowest BCUT2D eigenvalue weighted by Gasteiger charge is -2.11. The Bertz CT molecular complexity index is 393. The maximum Gasteiger partial charge on any atom is 0.239 e. The number of rotatable bonds is 5. The minimum absolute atomic E-state index is 0.0519. The predicted molar refractivity (Wildman–Crippen MR) is 65.1 cm³/mol. The number of carbonyl (C=O) groups excluding carboxylic acids is 1. The summed E-state index contributed by atoms with van der Waals surface area (Å²) in [5.74, 6) is 0.776. The average Bonchev–Trinajstić information content (AvgIpc) is 2.24. The Kier molecular flexibility index (Phi) is 4.68. The number of aryl methyl sites for hydroxylation is 1. The maximum atomic E-state index is 11.1. The van der Waals surface area contributed by atoms with Gasteiger partial charge in [-0.2, -0.15) is 4.98 Å². The van der Waals surface area contributed by atoms with E-state index >= 15 is 0 Å². The van der Waals surface area contributed by atoms with Crippen LogP contribution in [-0.2, 0) is 4.79 Å². The van der Waals surface area contributed by atoms with Crippen molar-refractivity contribution in [2.45, 2.75) is 26.9 Å². The van der Waals surface area contributed by atoms with E-state index < -0.39 is 0 Å². The van der Waals surface area contributed by atoms with E-state index in [1.165, 1.54) is 0 Å². The highest BCUT2D eigenvalue weighted by Crippen LogP contribution is 2.13. The monoisotopic (exact) mass is 238 g/mol. The van der Waals surface area contributed by atoms with Gasteiger partial charge in [0.1, 0.15) is 0 Å². The lowest BCUT2D eigenvalue weighted by Crippen LogP contribution is -2.26. The van der Waals surface area contributed by atoms with E-state index in [4.69, 9.17) is 4.74 Å². The second-order valence-corrected chi connectivity index (χ2v) is 3.86. The van der Waals surface area contributed by atoms with Crippen LogP contribution in [0.25, 0.3) is 0 Å². The fourth-order valence-electron chi connectivity index (χ4n) is 1.17. The molecule has 6 nitrogen and oxygen atoms in total. The molecule has 1 amide bonds. The highest BCUT2D eigenvalue weighted by atomic mass is 16.5. The minimum atomic E-state index is -0.124. The first kappa shape index (κ1) is 13.2. The quantitative estimate of drug-likeness (QED) is 0.791. The van der Waals surface area contributed by atoms with Crippen LogP contribution in [-0.4, -0.2) is 35.6 Å². The van der Waals surface area contributed by atoms with Crippen molar-refractivity contribution in [3.63, 3.8) is 0 Å². The zero-order valence-electron chi connectivity index (χ0n) is 10.6. The number of carbonyl (C=O) groups is 1. The lowest BCUT2D eigenvalue weighted by atomic mass is 10.4. The molecular formula is C11H18N4O2. The fraction of sp³-hybridized carbons (Fsp3) is 0.545. The van der Waals surface area contributed by atoms with E-state index in [9.17, 15) is 4.79 Å². The molecule has 0 bridgehead atoms. The van der Waals surface area contributed by atoms with Crippen LogP contribution in [0.2, 0.25) is 0 Å². The molecule has 0 fully saturated rings. The summed E-state index contributed by atoms with van der Waals surface area (Å²) in [7, 11) is 1.58. The number of nitrogens with zero attached hydrogens (tertiary/aromatic N) is 2. The Morgan fingerprint density at radius 3 is 2.76 bits per heavy atom. The number of hydrogen-bond donors (Lipinski definition) is 2. The number of likely N-dealkylation sites (N-methyl/N-ethyl adjacent to an activating group) is 1. The second-order valence-electron chi connectivity index (χ2n) is 3.86. The molecule has 0 saturated heterocycles. The lowest BCUT2D eigenvalue weighted by molar-refractivity contribution is -0.118. The van der Waals surface area contributed by atoms with Crippen molar-refractivity contribution >= 4 is 11.9 Å². The highest BCUT2D eigenvalue weighted by molar-refractivity contribution is 5.79. The molecule has 0 aliphatic heterocycles. The van der Waals surface area contributed by atoms with E-state index in [-0.39, 0.29) is 18.6 Å². The Labute approximate surface area is 101 Å². The smallest absolute Gasteiger partial charge is 0.239 e. The SMILES string of the molecule is CNC(=O)CNc1nc(C)cc(OC(C)C)n1. The van der Waals surface area contributed by atoms with Crippen LogP contribution in [0.15, 0.2) is 6.07 Å². The number of ether oxygens (including phenoxy) is 1. The summed E-state index contributed by atoms with van der Waals surface area (Å²) in [5.41, 5.74) is 0.787. The Balaban J connectivity index is 2.71. The molecule has 1 aromatic heterocycles. The predicted octanol–water partition coefficient (Wildman–Crippen LogP) is 0.730. The van der Waals surface area contributed by atoms with Gasteiger partial charge >= 0.3 is 0 Å². The number of aromatic nitrogens is 2. The zero-order chi connectivity index (χ0) is 12.8. The summed E-state index contributed by atoms with van der Waals surface area (Å²) < 4.78 is 5.48. The van der Waals surface area contributed by atoms with Crippen LogP contribution < -0.4 is 15.4 Å². The summed E-state index contributed by atoms with van der Waals surface area (Å²) >= 11 is 0. The molecule has 0 saturated carbocycles. The van der Waals surface area contributed by atoms with E-state index in [1.54, 1.807) is 13.1 Å². The summed E-state index contributed by atoms with van der Waals surface area (Å²) in [6, 6.07) is 1.76. The first-order valence-corrected chi connectivity index (χ1v) is 5.48. The number of hydrogen-bond acceptors (Lipinski definition) is 5. The van der Waals surface area contributed by atoms with Crippen molar-refractivity contribution in [2.75, 3.05) is 18.9 Å². The van der Waals surface area contributed by atoms with Gasteiger partial charge in [0.2, 0.25) is 17.7 Å². The number of nitrogens with one attached hydrogen (secondary N) is 2. The summed E-state index contributed by atoms with van der Waals surface area (Å²) in [6.07, 6.45) is 0.0519. The molecular weight excluding hydrogens is 220 g/mol. The summed E-state index contributed by atoms with van der Waals surface area (Å²) in [4.78, 5) is 19.4. The molecule has 94 valence electrons. The molecule has 1 rings (SSSR count). The van der Waals surface area contributed by atoms with Crippen molar-refractivity contribution in [3.05, 3.63) is 11.8 Å². The van der Waals surface area contributed by atoms with Gasteiger partial charge < -0.3 is 15.4 Å². The van der Waals surface area contributed by atoms with Crippen molar-refractivity contribution in [1.82, 2.24) is 15.3 Å². The molecule has 2 N–H and O–H groups in total. The topological polar surface area (TPSA) is 76.1 Å². The first-order chi connectivity index (χ1) is 8.01. The molecule has 17 heavy (non-hydrogen) atoms. The van der Waals surface area contributed by atoms with Gasteiger partial charge in [0.05, 0.1) is 12.6 Å². The van der Waals surface area contributed by atoms with Crippen molar-refractivity contribution < 1.29 is 9.53 Å². The third-order valence-corrected chi connectivity index (χ3v) is 1.87. The number of amides is 1. The summed E-state index contributed by atoms with van der Waals surface area (Å²) in [5, 5.41) is 5.34. The van der Waals surface area contributed by atoms with Crippen LogP contribution in [0.5, 0.6) is 5.88 Å². The van der Waals surface area contributed by atoms with E-state index in [2.05, 4.69) is 20.6 Å². The van der Waals surface area contributed by atoms with Crippen LogP contribution in [0.3, 0.4) is 0 Å². The first-order valence-electron chi connectivity index (χ1n) is 5.48. The van der Waals surface area contributed by atoms with Crippen molar-refractivity contribution in [1.29, 1.82) is 0 Å². The van der Waals surface area contributed by atoms with Gasteiger partial charge in [-0.25, -0.2) is 4.98 Å². The molecule has 1 heterocycles. The van der Waals surface area contributed by atoms with Crippen molar-refractivity contribution in [3.8, 4) is 5.88 Å². The van der Waals surface area contributed by atoms with Gasteiger partial charge in [0.15, 0.2) is 0 Å². The van der Waals surface area contributed by atoms with Gasteiger partial charge in [0.25, 0.3) is 0 Å². The maximum absolute atomic E-state index is 11.1. The van der Waals surface area contributed by atoms with Crippen LogP contribution in [0.4, 0.5) is 5.95 Å². The Hall–Kier alpha value is -1.85. The molecule has 0 aliphatic rings. The minimum Gasteiger partial charge on any atom is -0.475 e. The van der Waals surface area contributed by atoms with Crippen molar-refractivity contribution in [2.24, 2.45) is 0 Å². The van der Waals surface area contributed by atoms with Crippen LogP contribution in [0, 0.1) is 6.92 Å². The van der Waals surface area contributed by atoms with Gasteiger partial charge in [-0.1, -0.05) is 0 Å². The van der Waals surface area contributed by atoms with E-state index in [0.717, 1.165) is 5.69 Å². The molecule has 0 atom stereocenters. The second kappa shape index (κ2) is 6.03. The highest BCUT2D eigenvalue weighted by Gasteiger charge is 2.06. The van der Waals surface area contributed by atoms with Gasteiger partial charge in [-0.15, -0.1) is 0 Å². The molecule has 0 unspecified atom stereocenters. The van der Waals surface area contributed by atoms with Gasteiger partial charge in [0, 0.05) is 18.8 Å². The Morgan fingerprint density at radius 2 is 2.18 bits per heavy atom. The fourth-order valence-corrected chi connectivity index (χ4v) is 1.17. The third kappa shape index (κ3) is 4.67. The van der Waals surface area contributed by atoms with E-state index in [0.29, 0.717) is 11.8 Å². The molecule has 6 heteroatoms. The zero-order valence-corrected chi connectivity index (χ0v) is 10.6. The molecule has 0 aliphatic carbocycles. The molecule has 1 aromatic rings. The third-order valence-electron chi connectivity index (χ3n) is 1.87.